The first-order valence-corrected chi connectivity index (χ1v) is 7.10. The van der Waals surface area contributed by atoms with Gasteiger partial charge in [0, 0.05) is 18.6 Å². The summed E-state index contributed by atoms with van der Waals surface area (Å²) >= 11 is 0. The van der Waals surface area contributed by atoms with Gasteiger partial charge in [-0.05, 0) is 38.8 Å². The smallest absolute Gasteiger partial charge is 0.137 e. The van der Waals surface area contributed by atoms with Gasteiger partial charge in [-0.3, -0.25) is 4.90 Å². The minimum absolute atomic E-state index is 0.613. The van der Waals surface area contributed by atoms with E-state index in [9.17, 15) is 0 Å². The third-order valence-corrected chi connectivity index (χ3v) is 3.99. The Morgan fingerprint density at radius 2 is 1.95 bits per heavy atom. The van der Waals surface area contributed by atoms with E-state index in [4.69, 9.17) is 10.00 Å². The molecule has 19 heavy (non-hydrogen) atoms. The van der Waals surface area contributed by atoms with E-state index in [1.807, 2.05) is 18.2 Å². The molecule has 1 aliphatic heterocycles. The van der Waals surface area contributed by atoms with Gasteiger partial charge in [0.15, 0.2) is 0 Å². The number of para-hydroxylation sites is 1. The van der Waals surface area contributed by atoms with E-state index < -0.39 is 0 Å². The minimum atomic E-state index is 0.613. The molecule has 0 amide bonds. The lowest BCUT2D eigenvalue weighted by molar-refractivity contribution is 0.0851. The second-order valence-electron chi connectivity index (χ2n) is 5.32. The molecule has 1 heterocycles. The largest absolute Gasteiger partial charge is 0.491 e. The molecule has 0 radical (unpaired) electrons. The molecule has 0 bridgehead atoms. The normalized spacial score (nSPS) is 23.8. The number of hydrogen-bond acceptors (Lipinski definition) is 3. The maximum absolute atomic E-state index is 9.01. The Kier molecular flexibility index (Phi) is 4.81. The summed E-state index contributed by atoms with van der Waals surface area (Å²) in [6.45, 7) is 6.16. The highest BCUT2D eigenvalue weighted by Crippen LogP contribution is 2.22. The molecule has 0 aliphatic carbocycles. The van der Waals surface area contributed by atoms with Gasteiger partial charge >= 0.3 is 0 Å². The van der Waals surface area contributed by atoms with Crippen LogP contribution in [-0.4, -0.2) is 30.1 Å². The lowest BCUT2D eigenvalue weighted by Gasteiger charge is -2.38. The molecule has 1 fully saturated rings. The Morgan fingerprint density at radius 1 is 1.26 bits per heavy atom. The molecule has 0 saturated carbocycles. The van der Waals surface area contributed by atoms with Gasteiger partial charge in [-0.25, -0.2) is 0 Å². The zero-order chi connectivity index (χ0) is 13.7. The predicted octanol–water partition coefficient (Wildman–Crippen LogP) is 3.20. The third-order valence-electron chi connectivity index (χ3n) is 3.99. The van der Waals surface area contributed by atoms with Crippen LogP contribution in [0.5, 0.6) is 5.75 Å². The zero-order valence-electron chi connectivity index (χ0n) is 11.8. The monoisotopic (exact) mass is 258 g/mol. The van der Waals surface area contributed by atoms with Crippen LogP contribution in [0.2, 0.25) is 0 Å². The van der Waals surface area contributed by atoms with Crippen molar-refractivity contribution in [3.8, 4) is 11.8 Å². The zero-order valence-corrected chi connectivity index (χ0v) is 11.8. The van der Waals surface area contributed by atoms with Crippen LogP contribution in [0.4, 0.5) is 0 Å². The summed E-state index contributed by atoms with van der Waals surface area (Å²) in [5.41, 5.74) is 0.613. The first-order chi connectivity index (χ1) is 9.22. The standard InChI is InChI=1S/C16H22N2O/c1-13-6-5-7-14(2)18(13)10-11-19-16-9-4-3-8-15(16)12-17/h3-4,8-9,13-14H,5-7,10-11H2,1-2H3. The van der Waals surface area contributed by atoms with Crippen LogP contribution in [0.3, 0.4) is 0 Å². The molecule has 0 N–H and O–H groups in total. The van der Waals surface area contributed by atoms with E-state index in [-0.39, 0.29) is 0 Å². The van der Waals surface area contributed by atoms with Crippen molar-refractivity contribution in [1.29, 1.82) is 5.26 Å². The van der Waals surface area contributed by atoms with Crippen LogP contribution in [0.15, 0.2) is 24.3 Å². The van der Waals surface area contributed by atoms with Crippen molar-refractivity contribution < 1.29 is 4.74 Å². The SMILES string of the molecule is CC1CCCC(C)N1CCOc1ccccc1C#N. The fourth-order valence-electron chi connectivity index (χ4n) is 2.86. The maximum Gasteiger partial charge on any atom is 0.137 e. The number of benzene rings is 1. The Bertz CT molecular complexity index is 442. The summed E-state index contributed by atoms with van der Waals surface area (Å²) in [5.74, 6) is 0.697. The average Bonchev–Trinajstić information content (AvgIpc) is 2.42. The van der Waals surface area contributed by atoms with Gasteiger partial charge in [0.25, 0.3) is 0 Å². The minimum Gasteiger partial charge on any atom is -0.491 e. The van der Waals surface area contributed by atoms with Crippen LogP contribution in [0.25, 0.3) is 0 Å². The van der Waals surface area contributed by atoms with Crippen molar-refractivity contribution in [3.63, 3.8) is 0 Å². The molecule has 1 aliphatic rings. The molecule has 102 valence electrons. The summed E-state index contributed by atoms with van der Waals surface area (Å²) < 4.78 is 5.76. The third kappa shape index (κ3) is 3.48. The highest BCUT2D eigenvalue weighted by molar-refractivity contribution is 5.42. The van der Waals surface area contributed by atoms with Crippen molar-refractivity contribution in [2.75, 3.05) is 13.2 Å². The molecular formula is C16H22N2O. The molecule has 0 aromatic heterocycles. The average molecular weight is 258 g/mol. The lowest BCUT2D eigenvalue weighted by atomic mass is 9.98. The van der Waals surface area contributed by atoms with Crippen molar-refractivity contribution in [3.05, 3.63) is 29.8 Å². The van der Waals surface area contributed by atoms with E-state index in [1.165, 1.54) is 19.3 Å². The van der Waals surface area contributed by atoms with Crippen LogP contribution < -0.4 is 4.74 Å². The number of piperidine rings is 1. The van der Waals surface area contributed by atoms with Crippen LogP contribution in [0.1, 0.15) is 38.7 Å². The van der Waals surface area contributed by atoms with Crippen molar-refractivity contribution in [1.82, 2.24) is 4.90 Å². The van der Waals surface area contributed by atoms with Crippen LogP contribution in [-0.2, 0) is 0 Å². The Morgan fingerprint density at radius 3 is 2.63 bits per heavy atom. The number of likely N-dealkylation sites (tertiary alicyclic amines) is 1. The molecule has 1 saturated heterocycles. The van der Waals surface area contributed by atoms with Gasteiger partial charge in [-0.15, -0.1) is 0 Å². The molecule has 2 rings (SSSR count). The van der Waals surface area contributed by atoms with E-state index >= 15 is 0 Å². The topological polar surface area (TPSA) is 36.3 Å². The van der Waals surface area contributed by atoms with Crippen molar-refractivity contribution in [2.45, 2.75) is 45.2 Å². The highest BCUT2D eigenvalue weighted by Gasteiger charge is 2.24. The van der Waals surface area contributed by atoms with E-state index in [1.54, 1.807) is 6.07 Å². The number of nitriles is 1. The first-order valence-electron chi connectivity index (χ1n) is 7.10. The van der Waals surface area contributed by atoms with Gasteiger partial charge in [0.05, 0.1) is 5.56 Å². The summed E-state index contributed by atoms with van der Waals surface area (Å²) in [7, 11) is 0. The summed E-state index contributed by atoms with van der Waals surface area (Å²) in [4.78, 5) is 2.51. The van der Waals surface area contributed by atoms with E-state index in [0.29, 0.717) is 30.0 Å². The second kappa shape index (κ2) is 6.58. The second-order valence-corrected chi connectivity index (χ2v) is 5.32. The Hall–Kier alpha value is -1.53. The number of ether oxygens (including phenoxy) is 1. The number of hydrogen-bond donors (Lipinski definition) is 0. The van der Waals surface area contributed by atoms with Crippen molar-refractivity contribution in [2.24, 2.45) is 0 Å². The van der Waals surface area contributed by atoms with Crippen LogP contribution >= 0.6 is 0 Å². The van der Waals surface area contributed by atoms with E-state index in [0.717, 1.165) is 6.54 Å². The number of rotatable bonds is 4. The van der Waals surface area contributed by atoms with Gasteiger partial charge in [-0.2, -0.15) is 5.26 Å². The molecule has 3 nitrogen and oxygen atoms in total. The quantitative estimate of drug-likeness (QED) is 0.832. The molecule has 3 heteroatoms. The van der Waals surface area contributed by atoms with Gasteiger partial charge < -0.3 is 4.74 Å². The Balaban J connectivity index is 1.88. The molecule has 1 aromatic carbocycles. The number of nitrogens with zero attached hydrogens (tertiary/aromatic N) is 2. The summed E-state index contributed by atoms with van der Waals surface area (Å²) in [5, 5.41) is 9.01. The molecule has 2 atom stereocenters. The van der Waals surface area contributed by atoms with Gasteiger partial charge in [0.1, 0.15) is 18.4 Å². The lowest BCUT2D eigenvalue weighted by Crippen LogP contribution is -2.45. The fourth-order valence-corrected chi connectivity index (χ4v) is 2.86. The molecule has 2 unspecified atom stereocenters. The van der Waals surface area contributed by atoms with E-state index in [2.05, 4.69) is 24.8 Å². The van der Waals surface area contributed by atoms with Crippen molar-refractivity contribution >= 4 is 0 Å². The Labute approximate surface area is 115 Å². The van der Waals surface area contributed by atoms with Gasteiger partial charge in [0.2, 0.25) is 0 Å². The molecule has 1 aromatic rings. The predicted molar refractivity (Wildman–Crippen MR) is 76.1 cm³/mol. The molecule has 0 spiro atoms. The van der Waals surface area contributed by atoms with Crippen LogP contribution in [0, 0.1) is 11.3 Å². The summed E-state index contributed by atoms with van der Waals surface area (Å²) in [6.07, 6.45) is 3.88. The first kappa shape index (κ1) is 13.9. The highest BCUT2D eigenvalue weighted by atomic mass is 16.5. The van der Waals surface area contributed by atoms with Gasteiger partial charge in [-0.1, -0.05) is 18.6 Å². The molecular weight excluding hydrogens is 236 g/mol. The maximum atomic E-state index is 9.01. The fraction of sp³-hybridized carbons (Fsp3) is 0.562. The summed E-state index contributed by atoms with van der Waals surface area (Å²) in [6, 6.07) is 10.9.